The maximum Gasteiger partial charge on any atom is 0.228 e. The molecule has 0 bridgehead atoms. The van der Waals surface area contributed by atoms with E-state index < -0.39 is 5.82 Å². The topological polar surface area (TPSA) is 49.3 Å². The van der Waals surface area contributed by atoms with Gasteiger partial charge in [-0.2, -0.15) is 0 Å². The van der Waals surface area contributed by atoms with Crippen LogP contribution in [0.4, 0.5) is 10.1 Å². The predicted molar refractivity (Wildman–Crippen MR) is 74.5 cm³/mol. The van der Waals surface area contributed by atoms with Gasteiger partial charge in [0, 0.05) is 5.69 Å². The first-order valence-corrected chi connectivity index (χ1v) is 6.37. The Labute approximate surface area is 118 Å². The Morgan fingerprint density at radius 3 is 2.53 bits per heavy atom. The van der Waals surface area contributed by atoms with Crippen LogP contribution in [0.2, 0.25) is 0 Å². The van der Waals surface area contributed by atoms with Crippen LogP contribution in [0, 0.1) is 5.82 Å². The van der Waals surface area contributed by atoms with Crippen LogP contribution in [0.25, 0.3) is 0 Å². The van der Waals surface area contributed by atoms with Crippen molar-refractivity contribution in [3.8, 4) is 5.75 Å². The largest absolute Gasteiger partial charge is 0.508 e. The molecule has 0 unspecified atom stereocenters. The number of halogens is 2. The van der Waals surface area contributed by atoms with Crippen molar-refractivity contribution in [1.82, 2.24) is 0 Å². The monoisotopic (exact) mass is 323 g/mol. The third-order valence-electron chi connectivity index (χ3n) is 2.50. The number of benzene rings is 2. The quantitative estimate of drug-likeness (QED) is 0.908. The molecule has 0 atom stereocenters. The summed E-state index contributed by atoms with van der Waals surface area (Å²) >= 11 is 3.04. The number of carbonyl (C=O) groups excluding carboxylic acids is 1. The van der Waals surface area contributed by atoms with E-state index in [9.17, 15) is 9.18 Å². The van der Waals surface area contributed by atoms with Gasteiger partial charge in [-0.25, -0.2) is 4.39 Å². The van der Waals surface area contributed by atoms with Gasteiger partial charge in [-0.15, -0.1) is 0 Å². The van der Waals surface area contributed by atoms with Gasteiger partial charge < -0.3 is 10.4 Å². The standard InChI is InChI=1S/C14H11BrFNO2/c15-12-6-3-10(8-13(12)16)17-14(19)7-9-1-4-11(18)5-2-9/h1-6,8,18H,7H2,(H,17,19). The van der Waals surface area contributed by atoms with E-state index >= 15 is 0 Å². The molecule has 2 aromatic rings. The highest BCUT2D eigenvalue weighted by atomic mass is 79.9. The number of anilines is 1. The SMILES string of the molecule is O=C(Cc1ccc(O)cc1)Nc1ccc(Br)c(F)c1. The van der Waals surface area contributed by atoms with Gasteiger partial charge in [0.15, 0.2) is 0 Å². The summed E-state index contributed by atoms with van der Waals surface area (Å²) in [7, 11) is 0. The van der Waals surface area contributed by atoms with Crippen molar-refractivity contribution in [1.29, 1.82) is 0 Å². The first-order chi connectivity index (χ1) is 9.04. The Morgan fingerprint density at radius 1 is 1.21 bits per heavy atom. The maximum absolute atomic E-state index is 13.3. The molecule has 0 saturated carbocycles. The molecule has 0 aromatic heterocycles. The molecule has 98 valence electrons. The fourth-order valence-corrected chi connectivity index (χ4v) is 1.82. The lowest BCUT2D eigenvalue weighted by atomic mass is 10.1. The molecule has 0 radical (unpaired) electrons. The molecule has 19 heavy (non-hydrogen) atoms. The number of hydrogen-bond donors (Lipinski definition) is 2. The van der Waals surface area contributed by atoms with Crippen LogP contribution < -0.4 is 5.32 Å². The van der Waals surface area contributed by atoms with E-state index in [1.165, 1.54) is 24.3 Å². The van der Waals surface area contributed by atoms with Gasteiger partial charge in [-0.3, -0.25) is 4.79 Å². The third-order valence-corrected chi connectivity index (χ3v) is 3.15. The van der Waals surface area contributed by atoms with Crippen molar-refractivity contribution in [3.63, 3.8) is 0 Å². The summed E-state index contributed by atoms with van der Waals surface area (Å²) in [5, 5.41) is 11.7. The lowest BCUT2D eigenvalue weighted by Crippen LogP contribution is -2.14. The molecular weight excluding hydrogens is 313 g/mol. The van der Waals surface area contributed by atoms with Crippen molar-refractivity contribution in [2.75, 3.05) is 5.32 Å². The molecule has 0 heterocycles. The maximum atomic E-state index is 13.3. The van der Waals surface area contributed by atoms with Crippen LogP contribution in [0.3, 0.4) is 0 Å². The van der Waals surface area contributed by atoms with Gasteiger partial charge >= 0.3 is 0 Å². The molecule has 3 nitrogen and oxygen atoms in total. The van der Waals surface area contributed by atoms with Crippen LogP contribution in [-0.2, 0) is 11.2 Å². The Hall–Kier alpha value is -1.88. The van der Waals surface area contributed by atoms with Gasteiger partial charge in [0.25, 0.3) is 0 Å². The van der Waals surface area contributed by atoms with Crippen LogP contribution in [0.1, 0.15) is 5.56 Å². The van der Waals surface area contributed by atoms with Crippen LogP contribution in [-0.4, -0.2) is 11.0 Å². The number of carbonyl (C=O) groups is 1. The number of rotatable bonds is 3. The normalized spacial score (nSPS) is 10.2. The van der Waals surface area contributed by atoms with Crippen molar-refractivity contribution >= 4 is 27.5 Å². The fraction of sp³-hybridized carbons (Fsp3) is 0.0714. The lowest BCUT2D eigenvalue weighted by molar-refractivity contribution is -0.115. The van der Waals surface area contributed by atoms with Crippen molar-refractivity contribution in [2.45, 2.75) is 6.42 Å². The molecule has 2 N–H and O–H groups in total. The molecular formula is C14H11BrFNO2. The number of aromatic hydroxyl groups is 1. The molecule has 2 aromatic carbocycles. The second-order valence-corrected chi connectivity index (χ2v) is 4.87. The third kappa shape index (κ3) is 3.79. The summed E-state index contributed by atoms with van der Waals surface area (Å²) < 4.78 is 13.6. The zero-order chi connectivity index (χ0) is 13.8. The summed E-state index contributed by atoms with van der Waals surface area (Å²) in [5.74, 6) is -0.519. The zero-order valence-electron chi connectivity index (χ0n) is 9.86. The van der Waals surface area contributed by atoms with Crippen molar-refractivity contribution in [3.05, 3.63) is 58.3 Å². The zero-order valence-corrected chi connectivity index (χ0v) is 11.4. The van der Waals surface area contributed by atoms with Crippen LogP contribution >= 0.6 is 15.9 Å². The Bertz CT molecular complexity index is 599. The molecule has 2 rings (SSSR count). The Balaban J connectivity index is 2.01. The molecule has 0 aliphatic carbocycles. The highest BCUT2D eigenvalue weighted by Gasteiger charge is 2.06. The summed E-state index contributed by atoms with van der Waals surface area (Å²) in [5.41, 5.74) is 1.18. The van der Waals surface area contributed by atoms with Gasteiger partial charge in [-0.05, 0) is 51.8 Å². The molecule has 0 aliphatic rings. The number of hydrogen-bond acceptors (Lipinski definition) is 2. The Morgan fingerprint density at radius 2 is 1.89 bits per heavy atom. The van der Waals surface area contributed by atoms with Gasteiger partial charge in [0.1, 0.15) is 11.6 Å². The highest BCUT2D eigenvalue weighted by Crippen LogP contribution is 2.19. The van der Waals surface area contributed by atoms with Gasteiger partial charge in [0.2, 0.25) is 5.91 Å². The number of amides is 1. The minimum absolute atomic E-state index is 0.152. The smallest absolute Gasteiger partial charge is 0.228 e. The van der Waals surface area contributed by atoms with Crippen LogP contribution in [0.15, 0.2) is 46.9 Å². The van der Waals surface area contributed by atoms with E-state index in [-0.39, 0.29) is 18.1 Å². The number of phenolic OH excluding ortho intramolecular Hbond substituents is 1. The van der Waals surface area contributed by atoms with E-state index in [1.807, 2.05) is 0 Å². The average Bonchev–Trinajstić information content (AvgIpc) is 2.37. The lowest BCUT2D eigenvalue weighted by Gasteiger charge is -2.06. The molecule has 0 spiro atoms. The molecule has 0 saturated heterocycles. The molecule has 5 heteroatoms. The van der Waals surface area contributed by atoms with Gasteiger partial charge in [-0.1, -0.05) is 12.1 Å². The van der Waals surface area contributed by atoms with Crippen molar-refractivity contribution in [2.24, 2.45) is 0 Å². The summed E-state index contributed by atoms with van der Waals surface area (Å²) in [6.45, 7) is 0. The van der Waals surface area contributed by atoms with Gasteiger partial charge in [0.05, 0.1) is 10.9 Å². The highest BCUT2D eigenvalue weighted by molar-refractivity contribution is 9.10. The molecule has 1 amide bonds. The minimum atomic E-state index is -0.428. The minimum Gasteiger partial charge on any atom is -0.508 e. The first-order valence-electron chi connectivity index (χ1n) is 5.57. The van der Waals surface area contributed by atoms with E-state index in [1.54, 1.807) is 18.2 Å². The fourth-order valence-electron chi connectivity index (χ4n) is 1.58. The summed E-state index contributed by atoms with van der Waals surface area (Å²) in [6.07, 6.45) is 0.165. The Kier molecular flexibility index (Phi) is 4.16. The molecule has 0 fully saturated rings. The summed E-state index contributed by atoms with van der Waals surface area (Å²) in [6, 6.07) is 10.8. The second kappa shape index (κ2) is 5.84. The van der Waals surface area contributed by atoms with Crippen molar-refractivity contribution < 1.29 is 14.3 Å². The van der Waals surface area contributed by atoms with E-state index in [0.29, 0.717) is 10.2 Å². The first kappa shape index (κ1) is 13.5. The molecule has 0 aliphatic heterocycles. The average molecular weight is 324 g/mol. The number of phenols is 1. The van der Waals surface area contributed by atoms with E-state index in [0.717, 1.165) is 5.56 Å². The summed E-state index contributed by atoms with van der Waals surface area (Å²) in [4.78, 5) is 11.8. The van der Waals surface area contributed by atoms with E-state index in [2.05, 4.69) is 21.2 Å². The van der Waals surface area contributed by atoms with E-state index in [4.69, 9.17) is 5.11 Å². The second-order valence-electron chi connectivity index (χ2n) is 4.02. The predicted octanol–water partition coefficient (Wildman–Crippen LogP) is 3.48. The number of nitrogens with one attached hydrogen (secondary N) is 1. The van der Waals surface area contributed by atoms with Crippen LogP contribution in [0.5, 0.6) is 5.75 Å².